The average Bonchev–Trinajstić information content (AvgIpc) is 2.85. The van der Waals surface area contributed by atoms with Crippen LogP contribution in [-0.2, 0) is 16.2 Å². The van der Waals surface area contributed by atoms with E-state index >= 15 is 0 Å². The Labute approximate surface area is 196 Å². The summed E-state index contributed by atoms with van der Waals surface area (Å²) in [7, 11) is 1.43. The Bertz CT molecular complexity index is 1150. The van der Waals surface area contributed by atoms with Gasteiger partial charge in [-0.05, 0) is 59.7 Å². The molecule has 34 heavy (non-hydrogen) atoms. The summed E-state index contributed by atoms with van der Waals surface area (Å²) in [6, 6.07) is 22.1. The van der Waals surface area contributed by atoms with Gasteiger partial charge < -0.3 is 19.4 Å². The number of ether oxygens (including phenoxy) is 2. The van der Waals surface area contributed by atoms with Gasteiger partial charge in [0.1, 0.15) is 43.4 Å². The van der Waals surface area contributed by atoms with E-state index in [9.17, 15) is 9.18 Å². The van der Waals surface area contributed by atoms with Gasteiger partial charge in [0.25, 0.3) is 0 Å². The lowest BCUT2D eigenvalue weighted by molar-refractivity contribution is -0.137. The molecule has 0 aromatic heterocycles. The van der Waals surface area contributed by atoms with Gasteiger partial charge in [-0.3, -0.25) is 4.79 Å². The fourth-order valence-corrected chi connectivity index (χ4v) is 3.12. The first kappa shape index (κ1) is 24.3. The summed E-state index contributed by atoms with van der Waals surface area (Å²) in [6.45, 7) is 0.468. The van der Waals surface area contributed by atoms with Gasteiger partial charge in [0, 0.05) is 5.56 Å². The zero-order valence-electron chi connectivity index (χ0n) is 18.5. The van der Waals surface area contributed by atoms with Gasteiger partial charge in [0.05, 0.1) is 18.4 Å². The fourth-order valence-electron chi connectivity index (χ4n) is 3.12. The minimum atomic E-state index is -1.02. The minimum Gasteiger partial charge on any atom is -0.489 e. The molecule has 0 saturated carbocycles. The Kier molecular flexibility index (Phi) is 8.58. The Morgan fingerprint density at radius 3 is 2.21 bits per heavy atom. The molecule has 7 nitrogen and oxygen atoms in total. The summed E-state index contributed by atoms with van der Waals surface area (Å²) in [6.07, 6.45) is -0.242. The number of carboxylic acid groups (broad SMARTS) is 1. The lowest BCUT2D eigenvalue weighted by Gasteiger charge is -2.11. The summed E-state index contributed by atoms with van der Waals surface area (Å²) in [5.41, 5.74) is 2.78. The molecule has 0 saturated heterocycles. The zero-order chi connectivity index (χ0) is 24.3. The van der Waals surface area contributed by atoms with Crippen LogP contribution in [0.2, 0.25) is 0 Å². The summed E-state index contributed by atoms with van der Waals surface area (Å²) >= 11 is 0. The van der Waals surface area contributed by atoms with Crippen LogP contribution < -0.4 is 9.47 Å². The first-order valence-corrected chi connectivity index (χ1v) is 10.4. The fraction of sp³-hybridized carbons (Fsp3) is 0.192. The molecule has 0 fully saturated rings. The molecule has 174 valence electrons. The molecule has 0 heterocycles. The number of rotatable bonds is 11. The molecule has 1 unspecified atom stereocenters. The SMILES string of the molecule is CON=C(COc1ccc(COc2ccc(C(C#N)CC(=O)O)cc2)cc1)c1ccc(F)cc1. The third kappa shape index (κ3) is 7.07. The predicted molar refractivity (Wildman–Crippen MR) is 123 cm³/mol. The first-order valence-electron chi connectivity index (χ1n) is 10.4. The van der Waals surface area contributed by atoms with Crippen LogP contribution in [0.15, 0.2) is 78.0 Å². The van der Waals surface area contributed by atoms with Crippen molar-refractivity contribution in [1.29, 1.82) is 5.26 Å². The van der Waals surface area contributed by atoms with Crippen molar-refractivity contribution in [2.75, 3.05) is 13.7 Å². The summed E-state index contributed by atoms with van der Waals surface area (Å²) in [5, 5.41) is 22.0. The molecule has 3 aromatic carbocycles. The third-order valence-electron chi connectivity index (χ3n) is 4.90. The van der Waals surface area contributed by atoms with Crippen molar-refractivity contribution in [3.63, 3.8) is 0 Å². The number of nitriles is 1. The van der Waals surface area contributed by atoms with Crippen LogP contribution in [0, 0.1) is 17.1 Å². The van der Waals surface area contributed by atoms with Crippen molar-refractivity contribution in [3.8, 4) is 17.6 Å². The number of nitrogens with zero attached hydrogens (tertiary/aromatic N) is 2. The average molecular weight is 462 g/mol. The molecular formula is C26H23FN2O5. The molecule has 1 atom stereocenters. The largest absolute Gasteiger partial charge is 0.489 e. The topological polar surface area (TPSA) is 101 Å². The number of benzene rings is 3. The van der Waals surface area contributed by atoms with Crippen LogP contribution in [0.5, 0.6) is 11.5 Å². The van der Waals surface area contributed by atoms with Gasteiger partial charge in [0.2, 0.25) is 0 Å². The number of halogens is 1. The van der Waals surface area contributed by atoms with E-state index in [0.29, 0.717) is 34.9 Å². The zero-order valence-corrected chi connectivity index (χ0v) is 18.5. The van der Waals surface area contributed by atoms with E-state index in [1.807, 2.05) is 18.2 Å². The number of carboxylic acids is 1. The lowest BCUT2D eigenvalue weighted by atomic mass is 9.97. The highest BCUT2D eigenvalue weighted by Crippen LogP contribution is 2.23. The predicted octanol–water partition coefficient (Wildman–Crippen LogP) is 4.92. The highest BCUT2D eigenvalue weighted by Gasteiger charge is 2.14. The smallest absolute Gasteiger partial charge is 0.305 e. The van der Waals surface area contributed by atoms with Crippen LogP contribution in [0.1, 0.15) is 29.0 Å². The molecule has 3 rings (SSSR count). The monoisotopic (exact) mass is 462 g/mol. The van der Waals surface area contributed by atoms with Gasteiger partial charge >= 0.3 is 5.97 Å². The second-order valence-electron chi connectivity index (χ2n) is 7.30. The maximum atomic E-state index is 13.2. The summed E-state index contributed by atoms with van der Waals surface area (Å²) in [5.74, 6) is -0.816. The van der Waals surface area contributed by atoms with Crippen molar-refractivity contribution in [1.82, 2.24) is 0 Å². The molecule has 0 aliphatic carbocycles. The van der Waals surface area contributed by atoms with E-state index in [2.05, 4.69) is 5.16 Å². The Hall–Kier alpha value is -4.38. The van der Waals surface area contributed by atoms with Crippen LogP contribution in [0.4, 0.5) is 4.39 Å². The van der Waals surface area contributed by atoms with Gasteiger partial charge in [-0.25, -0.2) is 4.39 Å². The number of carbonyl (C=O) groups is 1. The van der Waals surface area contributed by atoms with E-state index in [1.165, 1.54) is 19.2 Å². The lowest BCUT2D eigenvalue weighted by Crippen LogP contribution is -2.13. The Balaban J connectivity index is 1.53. The van der Waals surface area contributed by atoms with Crippen LogP contribution in [0.25, 0.3) is 0 Å². The molecule has 1 N–H and O–H groups in total. The van der Waals surface area contributed by atoms with E-state index < -0.39 is 11.9 Å². The molecular weight excluding hydrogens is 439 g/mol. The minimum absolute atomic E-state index is 0.146. The van der Waals surface area contributed by atoms with Crippen molar-refractivity contribution in [3.05, 3.63) is 95.3 Å². The second kappa shape index (κ2) is 12.0. The van der Waals surface area contributed by atoms with Gasteiger partial charge in [-0.1, -0.05) is 29.4 Å². The van der Waals surface area contributed by atoms with Crippen molar-refractivity contribution in [2.24, 2.45) is 5.16 Å². The molecule has 8 heteroatoms. The van der Waals surface area contributed by atoms with Gasteiger partial charge in [0.15, 0.2) is 0 Å². The first-order chi connectivity index (χ1) is 16.5. The van der Waals surface area contributed by atoms with Crippen molar-refractivity contribution >= 4 is 11.7 Å². The van der Waals surface area contributed by atoms with Gasteiger partial charge in [-0.15, -0.1) is 0 Å². The van der Waals surface area contributed by atoms with E-state index in [1.54, 1.807) is 48.5 Å². The summed E-state index contributed by atoms with van der Waals surface area (Å²) < 4.78 is 24.7. The standard InChI is InChI=1S/C26H23FN2O5/c1-32-29-25(20-4-8-22(27)9-5-20)17-34-23-10-2-18(3-11-23)16-33-24-12-6-19(7-13-24)21(15-28)14-26(30)31/h2-13,21H,14,16-17H2,1H3,(H,30,31). The second-order valence-corrected chi connectivity index (χ2v) is 7.30. The number of oxime groups is 1. The van der Waals surface area contributed by atoms with Crippen LogP contribution in [0.3, 0.4) is 0 Å². The molecule has 0 aliphatic rings. The molecule has 0 bridgehead atoms. The quantitative estimate of drug-likeness (QED) is 0.321. The van der Waals surface area contributed by atoms with Crippen LogP contribution in [-0.4, -0.2) is 30.5 Å². The van der Waals surface area contributed by atoms with Crippen LogP contribution >= 0.6 is 0 Å². The van der Waals surface area contributed by atoms with E-state index in [-0.39, 0.29) is 18.8 Å². The highest BCUT2D eigenvalue weighted by molar-refractivity contribution is 6.01. The number of hydrogen-bond donors (Lipinski definition) is 1. The van der Waals surface area contributed by atoms with E-state index in [4.69, 9.17) is 24.7 Å². The van der Waals surface area contributed by atoms with Gasteiger partial charge in [-0.2, -0.15) is 5.26 Å². The molecule has 0 spiro atoms. The molecule has 0 aliphatic heterocycles. The Morgan fingerprint density at radius 1 is 1.00 bits per heavy atom. The normalized spacial score (nSPS) is 11.9. The molecule has 3 aromatic rings. The number of aliphatic carboxylic acids is 1. The van der Waals surface area contributed by atoms with Crippen molar-refractivity contribution < 1.29 is 28.6 Å². The third-order valence-corrected chi connectivity index (χ3v) is 4.90. The summed E-state index contributed by atoms with van der Waals surface area (Å²) in [4.78, 5) is 15.7. The number of hydrogen-bond acceptors (Lipinski definition) is 6. The highest BCUT2D eigenvalue weighted by atomic mass is 19.1. The Morgan fingerprint density at radius 2 is 1.62 bits per heavy atom. The van der Waals surface area contributed by atoms with E-state index in [0.717, 1.165) is 5.56 Å². The van der Waals surface area contributed by atoms with Crippen molar-refractivity contribution in [2.45, 2.75) is 18.9 Å². The maximum absolute atomic E-state index is 13.2. The maximum Gasteiger partial charge on any atom is 0.305 e. The molecule has 0 amide bonds. The molecule has 0 radical (unpaired) electrons.